The Morgan fingerprint density at radius 1 is 1.26 bits per heavy atom. The van der Waals surface area contributed by atoms with Crippen molar-refractivity contribution in [2.75, 3.05) is 7.11 Å². The lowest BCUT2D eigenvalue weighted by Gasteiger charge is -2.16. The first kappa shape index (κ1) is 15.8. The Labute approximate surface area is 137 Å². The van der Waals surface area contributed by atoms with Gasteiger partial charge in [0.25, 0.3) is 0 Å². The number of carbonyl (C=O) groups is 1. The molecule has 2 aromatic carbocycles. The molecule has 0 saturated heterocycles. The first-order valence-electron chi connectivity index (χ1n) is 8.26. The largest absolute Gasteiger partial charge is 0.496 e. The third-order valence-corrected chi connectivity index (χ3v) is 4.85. The van der Waals surface area contributed by atoms with Crippen molar-refractivity contribution in [3.63, 3.8) is 0 Å². The molecule has 1 fully saturated rings. The maximum absolute atomic E-state index is 12.2. The van der Waals surface area contributed by atoms with Crippen molar-refractivity contribution in [3.05, 3.63) is 42.0 Å². The second-order valence-electron chi connectivity index (χ2n) is 6.30. The monoisotopic (exact) mass is 312 g/mol. The maximum Gasteiger partial charge on any atom is 0.220 e. The minimum absolute atomic E-state index is 0.0716. The average Bonchev–Trinajstić information content (AvgIpc) is 2.97. The average molecular weight is 312 g/mol. The van der Waals surface area contributed by atoms with Crippen molar-refractivity contribution in [2.24, 2.45) is 11.7 Å². The molecule has 4 nitrogen and oxygen atoms in total. The van der Waals surface area contributed by atoms with Crippen molar-refractivity contribution in [3.8, 4) is 5.75 Å². The Morgan fingerprint density at radius 3 is 2.83 bits per heavy atom. The number of benzene rings is 2. The number of carbonyl (C=O) groups excluding carboxylic acids is 1. The molecule has 2 atom stereocenters. The number of methoxy groups -OCH3 is 1. The van der Waals surface area contributed by atoms with Gasteiger partial charge >= 0.3 is 0 Å². The Kier molecular flexibility index (Phi) is 4.82. The van der Waals surface area contributed by atoms with Crippen LogP contribution in [0.3, 0.4) is 0 Å². The smallest absolute Gasteiger partial charge is 0.220 e. The second-order valence-corrected chi connectivity index (χ2v) is 6.30. The van der Waals surface area contributed by atoms with E-state index in [1.807, 2.05) is 24.3 Å². The third-order valence-electron chi connectivity index (χ3n) is 4.85. The number of hydrogen-bond acceptors (Lipinski definition) is 3. The van der Waals surface area contributed by atoms with E-state index in [1.165, 1.54) is 0 Å². The molecule has 0 bridgehead atoms. The molecule has 1 amide bonds. The molecular formula is C19H24N2O2. The summed E-state index contributed by atoms with van der Waals surface area (Å²) in [4.78, 5) is 12.2. The van der Waals surface area contributed by atoms with Gasteiger partial charge in [0, 0.05) is 24.6 Å². The summed E-state index contributed by atoms with van der Waals surface area (Å²) in [5, 5.41) is 5.30. The number of hydrogen-bond donors (Lipinski definition) is 2. The minimum Gasteiger partial charge on any atom is -0.496 e. The SMILES string of the molecule is COc1ccc2ccccc2c1CNC(=O)C[C@@H]1CCC[C@H]1N. The number of nitrogens with one attached hydrogen (secondary N) is 1. The summed E-state index contributed by atoms with van der Waals surface area (Å²) in [5.41, 5.74) is 7.08. The summed E-state index contributed by atoms with van der Waals surface area (Å²) in [6.07, 6.45) is 3.76. The van der Waals surface area contributed by atoms with Crippen LogP contribution in [-0.2, 0) is 11.3 Å². The van der Waals surface area contributed by atoms with Gasteiger partial charge in [-0.2, -0.15) is 0 Å². The number of nitrogens with two attached hydrogens (primary N) is 1. The first-order valence-corrected chi connectivity index (χ1v) is 8.26. The number of rotatable bonds is 5. The molecule has 4 heteroatoms. The van der Waals surface area contributed by atoms with Crippen LogP contribution in [0.25, 0.3) is 10.8 Å². The summed E-state index contributed by atoms with van der Waals surface area (Å²) in [7, 11) is 1.66. The van der Waals surface area contributed by atoms with Crippen molar-refractivity contribution in [1.82, 2.24) is 5.32 Å². The van der Waals surface area contributed by atoms with Crippen LogP contribution in [-0.4, -0.2) is 19.1 Å². The van der Waals surface area contributed by atoms with E-state index in [2.05, 4.69) is 17.4 Å². The van der Waals surface area contributed by atoms with E-state index in [4.69, 9.17) is 10.5 Å². The van der Waals surface area contributed by atoms with Crippen LogP contribution in [0.5, 0.6) is 5.75 Å². The quantitative estimate of drug-likeness (QED) is 0.892. The van der Waals surface area contributed by atoms with Crippen molar-refractivity contribution < 1.29 is 9.53 Å². The zero-order valence-corrected chi connectivity index (χ0v) is 13.5. The Hall–Kier alpha value is -2.07. The van der Waals surface area contributed by atoms with Gasteiger partial charge in [0.05, 0.1) is 7.11 Å². The molecular weight excluding hydrogens is 288 g/mol. The highest BCUT2D eigenvalue weighted by atomic mass is 16.5. The Morgan fingerprint density at radius 2 is 2.09 bits per heavy atom. The van der Waals surface area contributed by atoms with Crippen LogP contribution in [0.4, 0.5) is 0 Å². The van der Waals surface area contributed by atoms with Gasteiger partial charge in [-0.15, -0.1) is 0 Å². The fraction of sp³-hybridized carbons (Fsp3) is 0.421. The number of fused-ring (bicyclic) bond motifs is 1. The highest BCUT2D eigenvalue weighted by Crippen LogP contribution is 2.29. The standard InChI is InChI=1S/C19H24N2O2/c1-23-18-10-9-13-5-2-3-7-15(13)16(18)12-21-19(22)11-14-6-4-8-17(14)20/h2-3,5,7,9-10,14,17H,4,6,8,11-12,20H2,1H3,(H,21,22)/t14-,17+/m0/s1. The summed E-state index contributed by atoms with van der Waals surface area (Å²) in [6, 6.07) is 12.3. The van der Waals surface area contributed by atoms with E-state index in [0.717, 1.165) is 41.3 Å². The molecule has 1 saturated carbocycles. The van der Waals surface area contributed by atoms with Crippen LogP contribution >= 0.6 is 0 Å². The minimum atomic E-state index is 0.0716. The fourth-order valence-corrected chi connectivity index (χ4v) is 3.51. The number of ether oxygens (including phenoxy) is 1. The van der Waals surface area contributed by atoms with Crippen LogP contribution in [0.2, 0.25) is 0 Å². The van der Waals surface area contributed by atoms with Crippen LogP contribution in [0.1, 0.15) is 31.2 Å². The van der Waals surface area contributed by atoms with E-state index in [-0.39, 0.29) is 11.9 Å². The van der Waals surface area contributed by atoms with Gasteiger partial charge in [0.15, 0.2) is 0 Å². The van der Waals surface area contributed by atoms with Gasteiger partial charge < -0.3 is 15.8 Å². The van der Waals surface area contributed by atoms with E-state index >= 15 is 0 Å². The summed E-state index contributed by atoms with van der Waals surface area (Å²) in [6.45, 7) is 0.477. The van der Waals surface area contributed by atoms with Gasteiger partial charge in [-0.25, -0.2) is 0 Å². The molecule has 0 heterocycles. The first-order chi connectivity index (χ1) is 11.2. The molecule has 1 aliphatic carbocycles. The Bertz CT molecular complexity index is 699. The lowest BCUT2D eigenvalue weighted by atomic mass is 9.99. The van der Waals surface area contributed by atoms with E-state index in [1.54, 1.807) is 7.11 Å². The summed E-state index contributed by atoms with van der Waals surface area (Å²) in [5.74, 6) is 1.20. The van der Waals surface area contributed by atoms with E-state index in [9.17, 15) is 4.79 Å². The third kappa shape index (κ3) is 3.48. The molecule has 0 unspecified atom stereocenters. The van der Waals surface area contributed by atoms with Crippen LogP contribution < -0.4 is 15.8 Å². The fourth-order valence-electron chi connectivity index (χ4n) is 3.51. The Balaban J connectivity index is 1.72. The predicted octanol–water partition coefficient (Wildman–Crippen LogP) is 2.98. The molecule has 23 heavy (non-hydrogen) atoms. The van der Waals surface area contributed by atoms with Gasteiger partial charge in [-0.05, 0) is 35.6 Å². The van der Waals surface area contributed by atoms with Gasteiger partial charge in [0.2, 0.25) is 5.91 Å². The van der Waals surface area contributed by atoms with E-state index < -0.39 is 0 Å². The molecule has 3 rings (SSSR count). The molecule has 2 aromatic rings. The summed E-state index contributed by atoms with van der Waals surface area (Å²) >= 11 is 0. The predicted molar refractivity (Wildman–Crippen MR) is 92.3 cm³/mol. The molecule has 0 aromatic heterocycles. The van der Waals surface area contributed by atoms with Crippen LogP contribution in [0, 0.1) is 5.92 Å². The molecule has 3 N–H and O–H groups in total. The zero-order chi connectivity index (χ0) is 16.2. The molecule has 0 spiro atoms. The maximum atomic E-state index is 12.2. The highest BCUT2D eigenvalue weighted by Gasteiger charge is 2.26. The molecule has 1 aliphatic rings. The van der Waals surface area contributed by atoms with Gasteiger partial charge in [-0.1, -0.05) is 36.8 Å². The summed E-state index contributed by atoms with van der Waals surface area (Å²) < 4.78 is 5.46. The van der Waals surface area contributed by atoms with Gasteiger partial charge in [-0.3, -0.25) is 4.79 Å². The van der Waals surface area contributed by atoms with Crippen molar-refractivity contribution >= 4 is 16.7 Å². The topological polar surface area (TPSA) is 64.3 Å². The van der Waals surface area contributed by atoms with Crippen molar-refractivity contribution in [1.29, 1.82) is 0 Å². The number of amides is 1. The highest BCUT2D eigenvalue weighted by molar-refractivity contribution is 5.88. The van der Waals surface area contributed by atoms with E-state index in [0.29, 0.717) is 18.9 Å². The molecule has 0 radical (unpaired) electrons. The second kappa shape index (κ2) is 7.01. The lowest BCUT2D eigenvalue weighted by Crippen LogP contribution is -2.31. The lowest BCUT2D eigenvalue weighted by molar-refractivity contribution is -0.122. The van der Waals surface area contributed by atoms with Crippen LogP contribution in [0.15, 0.2) is 36.4 Å². The zero-order valence-electron chi connectivity index (χ0n) is 13.5. The van der Waals surface area contributed by atoms with Gasteiger partial charge in [0.1, 0.15) is 5.75 Å². The molecule has 0 aliphatic heterocycles. The van der Waals surface area contributed by atoms with Crippen molar-refractivity contribution in [2.45, 2.75) is 38.3 Å². The molecule has 122 valence electrons. The normalized spacial score (nSPS) is 20.6.